The van der Waals surface area contributed by atoms with Gasteiger partial charge in [-0.25, -0.2) is 0 Å². The van der Waals surface area contributed by atoms with Gasteiger partial charge in [0.05, 0.1) is 18.3 Å². The number of hydrogen-bond acceptors (Lipinski definition) is 15. The summed E-state index contributed by atoms with van der Waals surface area (Å²) in [4.78, 5) is 102. The molecule has 15 atom stereocenters. The Morgan fingerprint density at radius 1 is 0.453 bits per heavy atom. The number of amides is 3. The summed E-state index contributed by atoms with van der Waals surface area (Å²) >= 11 is 0. The molecular weight excluding hydrogens is 1200 g/mol. The second kappa shape index (κ2) is 62.6. The van der Waals surface area contributed by atoms with Crippen molar-refractivity contribution in [1.82, 2.24) is 16.0 Å². The van der Waals surface area contributed by atoms with E-state index in [0.29, 0.717) is 69.2 Å². The minimum atomic E-state index is -0.769. The molecule has 0 spiro atoms. The largest absolute Gasteiger partial charge is 0.392 e. The van der Waals surface area contributed by atoms with E-state index in [1.54, 1.807) is 54.0 Å². The van der Waals surface area contributed by atoms with Gasteiger partial charge in [0.1, 0.15) is 42.1 Å². The minimum Gasteiger partial charge on any atom is -0.392 e. The number of benzene rings is 2. The molecule has 6 N–H and O–H groups in total. The Balaban J connectivity index is -0.000000165. The van der Waals surface area contributed by atoms with Gasteiger partial charge in [-0.2, -0.15) is 0 Å². The SMILES string of the molecule is C.C.C.C.C.C=CCO/N=C/C[C@@H](C)C(C)[C@H](CC)C(C)=O.CCNC(=O)C[C@@H](C)C(O)[C@H](CC)C(C)=O.CC[C@H](C(C)=O)C(C)[C@H](C)C/C=N/OCc1ccccc1.CC[C@H](C(C)=O)C(O)[C@H](C)CC(=O)NC.CC[C@H](C(C)=O)C(O)[C@H](C)CC(=O)NCc1ccccc1. The second-order valence-corrected chi connectivity index (χ2v) is 24.1. The summed E-state index contributed by atoms with van der Waals surface area (Å²) in [6, 6.07) is 19.6. The summed E-state index contributed by atoms with van der Waals surface area (Å²) in [7, 11) is 1.56. The molecule has 0 heterocycles. The quantitative estimate of drug-likeness (QED) is 0.0157. The van der Waals surface area contributed by atoms with Gasteiger partial charge >= 0.3 is 0 Å². The van der Waals surface area contributed by atoms with Crippen LogP contribution in [-0.4, -0.2) is 113 Å². The number of carbonyl (C=O) groups is 8. The lowest BCUT2D eigenvalue weighted by Crippen LogP contribution is -2.35. The number of ketones is 5. The number of aliphatic hydroxyl groups excluding tert-OH is 3. The number of aliphatic hydroxyl groups is 3. The van der Waals surface area contributed by atoms with Gasteiger partial charge in [-0.15, -0.1) is 0 Å². The van der Waals surface area contributed by atoms with Crippen LogP contribution in [0.5, 0.6) is 0 Å². The topological polar surface area (TPSA) is 277 Å². The fourth-order valence-corrected chi connectivity index (χ4v) is 10.6. The highest BCUT2D eigenvalue weighted by molar-refractivity contribution is 5.81. The van der Waals surface area contributed by atoms with Gasteiger partial charge < -0.3 is 40.9 Å². The molecular formula is C77H141N5O13. The van der Waals surface area contributed by atoms with E-state index in [9.17, 15) is 53.7 Å². The van der Waals surface area contributed by atoms with Gasteiger partial charge in [0, 0.05) is 81.4 Å². The van der Waals surface area contributed by atoms with Crippen molar-refractivity contribution in [3.63, 3.8) is 0 Å². The molecule has 18 nitrogen and oxygen atoms in total. The van der Waals surface area contributed by atoms with Crippen molar-refractivity contribution in [2.24, 2.45) is 81.3 Å². The normalized spacial score (nSPS) is 15.1. The molecule has 0 radical (unpaired) electrons. The first kappa shape index (κ1) is 105. The maximum Gasteiger partial charge on any atom is 0.220 e. The van der Waals surface area contributed by atoms with E-state index in [1.807, 2.05) is 94.6 Å². The number of carbonyl (C=O) groups excluding carboxylic acids is 8. The van der Waals surface area contributed by atoms with Crippen LogP contribution in [0, 0.1) is 71.0 Å². The Hall–Kier alpha value is -6.24. The maximum absolute atomic E-state index is 11.9. The first-order valence-corrected chi connectivity index (χ1v) is 32.7. The fraction of sp³-hybridized carbons (Fsp3) is 0.688. The lowest BCUT2D eigenvalue weighted by Gasteiger charge is -2.25. The zero-order valence-electron chi connectivity index (χ0n) is 58.6. The Kier molecular flexibility index (Phi) is 69.0. The predicted octanol–water partition coefficient (Wildman–Crippen LogP) is 15.3. The molecule has 2 aromatic carbocycles. The number of rotatable bonds is 39. The van der Waals surface area contributed by atoms with Crippen LogP contribution in [0.2, 0.25) is 0 Å². The first-order chi connectivity index (χ1) is 42.4. The van der Waals surface area contributed by atoms with Crippen molar-refractivity contribution in [1.29, 1.82) is 0 Å². The molecule has 0 aromatic heterocycles. The van der Waals surface area contributed by atoms with Crippen molar-refractivity contribution in [3.8, 4) is 0 Å². The van der Waals surface area contributed by atoms with E-state index in [4.69, 9.17) is 9.68 Å². The molecule has 0 saturated heterocycles. The van der Waals surface area contributed by atoms with E-state index in [2.05, 4.69) is 74.4 Å². The number of hydrogen-bond donors (Lipinski definition) is 6. The van der Waals surface area contributed by atoms with Crippen LogP contribution < -0.4 is 16.0 Å². The van der Waals surface area contributed by atoms with E-state index in [1.165, 1.54) is 20.8 Å². The standard InChI is InChI=1S/C18H27NO2.C17H25NO3.C14H25NO2.C12H23NO3.C11H21NO3.5CH4/c1-5-18(16(4)20)15(3)14(2)11-12-19-21-13-17-9-7-6-8-10-17;1-4-15(13(3)19)17(21)12(2)10-16(20)18-11-14-8-6-5-7-9-14;1-6-10-17-15-9-8-11(3)12(4)14(7-2)13(5)16;1-5-10(9(4)14)12(16)8(3)7-11(15)13-6-2;1-5-9(8(3)13)11(15)7(2)6-10(14)12-4;;;;;/h6-10,12,14-15,18H,5,11,13H2,1-4H3;5-9,12,15,17,21H,4,10-11H2,1-3H3,(H,18,20);6,9,11-12,14H,1,7-8,10H2,2-5H3;8,10,12,16H,5-7H2,1-4H3,(H,13,15);7,9,11,15H,5-6H2,1-4H3,(H,12,14);5*1H4/b19-12+;;15-9+;;;;;;;/t14-,15?,18+;12-,15-,17?;11-,12?,14+;8-,10-,12?;7-,9-,11?;;;;;/m11111...../s1. The molecule has 95 heavy (non-hydrogen) atoms. The van der Waals surface area contributed by atoms with Crippen LogP contribution in [-0.2, 0) is 61.2 Å². The average Bonchev–Trinajstić information content (AvgIpc) is 1.28. The lowest BCUT2D eigenvalue weighted by atomic mass is 9.79. The van der Waals surface area contributed by atoms with Crippen molar-refractivity contribution in [2.45, 2.75) is 257 Å². The van der Waals surface area contributed by atoms with Gasteiger partial charge in [0.15, 0.2) is 0 Å². The van der Waals surface area contributed by atoms with Crippen LogP contribution in [0.3, 0.4) is 0 Å². The highest BCUT2D eigenvalue weighted by Gasteiger charge is 2.31. The second-order valence-electron chi connectivity index (χ2n) is 24.1. The van der Waals surface area contributed by atoms with Crippen LogP contribution in [0.15, 0.2) is 83.6 Å². The first-order valence-electron chi connectivity index (χ1n) is 32.7. The van der Waals surface area contributed by atoms with Gasteiger partial charge in [-0.05, 0) is 139 Å². The van der Waals surface area contributed by atoms with Crippen LogP contribution in [0.1, 0.15) is 237 Å². The molecule has 0 saturated carbocycles. The van der Waals surface area contributed by atoms with E-state index >= 15 is 0 Å². The molecule has 0 aliphatic carbocycles. The number of oxime groups is 2. The molecule has 3 amide bonds. The number of nitrogens with one attached hydrogen (secondary N) is 3. The summed E-state index contributed by atoms with van der Waals surface area (Å²) in [5.74, 6) is 0.389. The molecule has 0 aliphatic heterocycles. The fourth-order valence-electron chi connectivity index (χ4n) is 10.6. The minimum absolute atomic E-state index is 0. The zero-order chi connectivity index (χ0) is 69.5. The average molecular weight is 1340 g/mol. The van der Waals surface area contributed by atoms with Crippen molar-refractivity contribution in [2.75, 3.05) is 20.2 Å². The lowest BCUT2D eigenvalue weighted by molar-refractivity contribution is -0.129. The van der Waals surface area contributed by atoms with Gasteiger partial charge in [0.2, 0.25) is 17.7 Å². The van der Waals surface area contributed by atoms with Crippen molar-refractivity contribution in [3.05, 3.63) is 84.4 Å². The van der Waals surface area contributed by atoms with E-state index < -0.39 is 18.3 Å². The number of Topliss-reactive ketones (excluding diaryl/α,β-unsaturated/α-hetero) is 5. The maximum atomic E-state index is 11.9. The van der Waals surface area contributed by atoms with Crippen LogP contribution >= 0.6 is 0 Å². The summed E-state index contributed by atoms with van der Waals surface area (Å²) in [6.07, 6.45) is 9.04. The molecule has 2 rings (SSSR count). The van der Waals surface area contributed by atoms with Crippen molar-refractivity contribution < 1.29 is 63.4 Å². The zero-order valence-corrected chi connectivity index (χ0v) is 58.6. The molecule has 0 fully saturated rings. The van der Waals surface area contributed by atoms with Crippen LogP contribution in [0.4, 0.5) is 0 Å². The van der Waals surface area contributed by atoms with E-state index in [-0.39, 0.29) is 150 Å². The predicted molar refractivity (Wildman–Crippen MR) is 397 cm³/mol. The van der Waals surface area contributed by atoms with Crippen LogP contribution in [0.25, 0.3) is 0 Å². The molecule has 552 valence electrons. The Morgan fingerprint density at radius 3 is 1.05 bits per heavy atom. The third kappa shape index (κ3) is 47.3. The molecule has 5 unspecified atom stereocenters. The number of nitrogens with zero attached hydrogens (tertiary/aromatic N) is 2. The van der Waals surface area contributed by atoms with Gasteiger partial charge in [0.25, 0.3) is 0 Å². The summed E-state index contributed by atoms with van der Waals surface area (Å²) in [5.41, 5.74) is 2.15. The highest BCUT2D eigenvalue weighted by atomic mass is 16.6. The summed E-state index contributed by atoms with van der Waals surface area (Å²) < 4.78 is 0. The Labute approximate surface area is 579 Å². The molecule has 2 aromatic rings. The summed E-state index contributed by atoms with van der Waals surface area (Å²) in [6.45, 7) is 38.9. The molecule has 0 bridgehead atoms. The smallest absolute Gasteiger partial charge is 0.220 e. The van der Waals surface area contributed by atoms with Gasteiger partial charge in [-0.3, -0.25) is 38.4 Å². The third-order valence-corrected chi connectivity index (χ3v) is 16.9. The Morgan fingerprint density at radius 2 is 0.758 bits per heavy atom. The molecule has 18 heteroatoms. The van der Waals surface area contributed by atoms with Crippen molar-refractivity contribution >= 4 is 59.1 Å². The van der Waals surface area contributed by atoms with E-state index in [0.717, 1.165) is 36.8 Å². The monoisotopic (exact) mass is 1340 g/mol. The van der Waals surface area contributed by atoms with Gasteiger partial charge in [-0.1, -0.05) is 204 Å². The Bertz CT molecular complexity index is 2370. The molecule has 0 aliphatic rings. The highest BCUT2D eigenvalue weighted by Crippen LogP contribution is 2.28. The summed E-state index contributed by atoms with van der Waals surface area (Å²) in [5, 5.41) is 45.9. The third-order valence-electron chi connectivity index (χ3n) is 16.9.